The fourth-order valence-electron chi connectivity index (χ4n) is 1.37. The standard InChI is InChI=1S/C11H13NO/c1-8-4-5-10(7-13-3)9(2)11(8)6-12/h4-5H,7H2,1-3H3. The normalized spacial score (nSPS) is 9.69. The van der Waals surface area contributed by atoms with Crippen molar-refractivity contribution in [1.29, 1.82) is 5.26 Å². The van der Waals surface area contributed by atoms with Crippen molar-refractivity contribution in [1.82, 2.24) is 0 Å². The topological polar surface area (TPSA) is 33.0 Å². The molecule has 0 saturated carbocycles. The molecule has 0 aliphatic rings. The van der Waals surface area contributed by atoms with E-state index in [4.69, 9.17) is 10.00 Å². The van der Waals surface area contributed by atoms with Crippen molar-refractivity contribution in [2.75, 3.05) is 7.11 Å². The van der Waals surface area contributed by atoms with E-state index in [1.807, 2.05) is 26.0 Å². The van der Waals surface area contributed by atoms with Crippen LogP contribution in [0, 0.1) is 25.2 Å². The number of nitriles is 1. The molecule has 0 N–H and O–H groups in total. The fraction of sp³-hybridized carbons (Fsp3) is 0.364. The molecule has 68 valence electrons. The van der Waals surface area contributed by atoms with Crippen LogP contribution in [0.4, 0.5) is 0 Å². The van der Waals surface area contributed by atoms with Gasteiger partial charge in [0.1, 0.15) is 0 Å². The number of hydrogen-bond acceptors (Lipinski definition) is 2. The van der Waals surface area contributed by atoms with Gasteiger partial charge in [-0.15, -0.1) is 0 Å². The summed E-state index contributed by atoms with van der Waals surface area (Å²) in [4.78, 5) is 0. The van der Waals surface area contributed by atoms with E-state index in [2.05, 4.69) is 6.07 Å². The van der Waals surface area contributed by atoms with Gasteiger partial charge in [0.25, 0.3) is 0 Å². The SMILES string of the molecule is COCc1ccc(C)c(C#N)c1C. The molecular weight excluding hydrogens is 162 g/mol. The zero-order chi connectivity index (χ0) is 9.84. The van der Waals surface area contributed by atoms with Crippen LogP contribution < -0.4 is 0 Å². The van der Waals surface area contributed by atoms with E-state index in [9.17, 15) is 0 Å². The molecule has 0 atom stereocenters. The van der Waals surface area contributed by atoms with Crippen LogP contribution in [-0.4, -0.2) is 7.11 Å². The summed E-state index contributed by atoms with van der Waals surface area (Å²) in [5.41, 5.74) is 3.92. The molecule has 0 aromatic heterocycles. The van der Waals surface area contributed by atoms with E-state index >= 15 is 0 Å². The number of rotatable bonds is 2. The third-order valence-corrected chi connectivity index (χ3v) is 2.20. The molecular formula is C11H13NO. The quantitative estimate of drug-likeness (QED) is 0.691. The third-order valence-electron chi connectivity index (χ3n) is 2.20. The summed E-state index contributed by atoms with van der Waals surface area (Å²) in [6.45, 7) is 4.48. The molecule has 0 spiro atoms. The average molecular weight is 175 g/mol. The first-order chi connectivity index (χ1) is 6.20. The highest BCUT2D eigenvalue weighted by atomic mass is 16.5. The van der Waals surface area contributed by atoms with Crippen molar-refractivity contribution in [2.45, 2.75) is 20.5 Å². The summed E-state index contributed by atoms with van der Waals surface area (Å²) < 4.78 is 5.04. The molecule has 0 amide bonds. The largest absolute Gasteiger partial charge is 0.380 e. The van der Waals surface area contributed by atoms with Crippen molar-refractivity contribution < 1.29 is 4.74 Å². The zero-order valence-electron chi connectivity index (χ0n) is 8.22. The molecule has 0 fully saturated rings. The van der Waals surface area contributed by atoms with Crippen molar-refractivity contribution in [2.24, 2.45) is 0 Å². The van der Waals surface area contributed by atoms with Gasteiger partial charge in [-0.25, -0.2) is 0 Å². The van der Waals surface area contributed by atoms with Crippen molar-refractivity contribution >= 4 is 0 Å². The van der Waals surface area contributed by atoms with Gasteiger partial charge in [-0.3, -0.25) is 0 Å². The second-order valence-electron chi connectivity index (χ2n) is 3.09. The summed E-state index contributed by atoms with van der Waals surface area (Å²) in [5, 5.41) is 8.90. The minimum Gasteiger partial charge on any atom is -0.380 e. The van der Waals surface area contributed by atoms with Crippen LogP contribution in [0.3, 0.4) is 0 Å². The van der Waals surface area contributed by atoms with Crippen LogP contribution >= 0.6 is 0 Å². The highest BCUT2D eigenvalue weighted by Gasteiger charge is 2.05. The van der Waals surface area contributed by atoms with Crippen molar-refractivity contribution in [3.8, 4) is 6.07 Å². The molecule has 2 heteroatoms. The lowest BCUT2D eigenvalue weighted by atomic mass is 9.99. The molecule has 13 heavy (non-hydrogen) atoms. The van der Waals surface area contributed by atoms with Gasteiger partial charge in [-0.2, -0.15) is 5.26 Å². The fourth-order valence-corrected chi connectivity index (χ4v) is 1.37. The summed E-state index contributed by atoms with van der Waals surface area (Å²) in [6.07, 6.45) is 0. The molecule has 0 aliphatic heterocycles. The summed E-state index contributed by atoms with van der Waals surface area (Å²) in [7, 11) is 1.66. The van der Waals surface area contributed by atoms with E-state index < -0.39 is 0 Å². The molecule has 1 rings (SSSR count). The van der Waals surface area contributed by atoms with Gasteiger partial charge in [-0.05, 0) is 30.5 Å². The maximum Gasteiger partial charge on any atom is 0.0997 e. The molecule has 0 unspecified atom stereocenters. The number of benzene rings is 1. The molecule has 0 aliphatic carbocycles. The molecule has 0 bridgehead atoms. The Labute approximate surface area is 78.8 Å². The van der Waals surface area contributed by atoms with Crippen LogP contribution in [0.1, 0.15) is 22.3 Å². The monoisotopic (exact) mass is 175 g/mol. The van der Waals surface area contributed by atoms with Gasteiger partial charge in [0.05, 0.1) is 18.2 Å². The van der Waals surface area contributed by atoms with E-state index in [-0.39, 0.29) is 0 Å². The highest BCUT2D eigenvalue weighted by Crippen LogP contribution is 2.17. The number of ether oxygens (including phenoxy) is 1. The first-order valence-corrected chi connectivity index (χ1v) is 4.18. The number of aryl methyl sites for hydroxylation is 1. The molecule has 1 aromatic carbocycles. The van der Waals surface area contributed by atoms with Gasteiger partial charge in [0.15, 0.2) is 0 Å². The highest BCUT2D eigenvalue weighted by molar-refractivity contribution is 5.47. The molecule has 0 saturated heterocycles. The number of nitrogens with zero attached hydrogens (tertiary/aromatic N) is 1. The first kappa shape index (κ1) is 9.76. The van der Waals surface area contributed by atoms with Gasteiger partial charge < -0.3 is 4.74 Å². The minimum absolute atomic E-state index is 0.570. The van der Waals surface area contributed by atoms with Gasteiger partial charge in [0, 0.05) is 7.11 Å². The Morgan fingerprint density at radius 1 is 1.38 bits per heavy atom. The van der Waals surface area contributed by atoms with Gasteiger partial charge >= 0.3 is 0 Å². The van der Waals surface area contributed by atoms with Crippen LogP contribution in [0.15, 0.2) is 12.1 Å². The Morgan fingerprint density at radius 2 is 2.08 bits per heavy atom. The lowest BCUT2D eigenvalue weighted by Crippen LogP contribution is -1.96. The predicted octanol–water partition coefficient (Wildman–Crippen LogP) is 2.32. The third kappa shape index (κ3) is 1.88. The Bertz CT molecular complexity index is 350. The Hall–Kier alpha value is -1.33. The zero-order valence-corrected chi connectivity index (χ0v) is 8.22. The van der Waals surface area contributed by atoms with Crippen LogP contribution in [0.2, 0.25) is 0 Å². The van der Waals surface area contributed by atoms with E-state index in [0.717, 1.165) is 22.3 Å². The van der Waals surface area contributed by atoms with E-state index in [0.29, 0.717) is 6.61 Å². The Balaban J connectivity index is 3.21. The smallest absolute Gasteiger partial charge is 0.0997 e. The number of methoxy groups -OCH3 is 1. The first-order valence-electron chi connectivity index (χ1n) is 4.18. The van der Waals surface area contributed by atoms with Gasteiger partial charge in [0.2, 0.25) is 0 Å². The predicted molar refractivity (Wildman–Crippen MR) is 51.3 cm³/mol. The van der Waals surface area contributed by atoms with Crippen LogP contribution in [0.5, 0.6) is 0 Å². The Morgan fingerprint density at radius 3 is 2.62 bits per heavy atom. The van der Waals surface area contributed by atoms with E-state index in [1.54, 1.807) is 7.11 Å². The Kier molecular flexibility index (Phi) is 3.05. The lowest BCUT2D eigenvalue weighted by molar-refractivity contribution is 0.184. The second-order valence-corrected chi connectivity index (χ2v) is 3.09. The molecule has 0 heterocycles. The van der Waals surface area contributed by atoms with Crippen LogP contribution in [0.25, 0.3) is 0 Å². The van der Waals surface area contributed by atoms with E-state index in [1.165, 1.54) is 0 Å². The van der Waals surface area contributed by atoms with Crippen LogP contribution in [-0.2, 0) is 11.3 Å². The second kappa shape index (κ2) is 4.06. The van der Waals surface area contributed by atoms with Gasteiger partial charge in [-0.1, -0.05) is 12.1 Å². The lowest BCUT2D eigenvalue weighted by Gasteiger charge is -2.08. The molecule has 0 radical (unpaired) electrons. The maximum absolute atomic E-state index is 8.90. The maximum atomic E-state index is 8.90. The minimum atomic E-state index is 0.570. The molecule has 1 aromatic rings. The average Bonchev–Trinajstić information content (AvgIpc) is 2.11. The molecule has 2 nitrogen and oxygen atoms in total. The number of hydrogen-bond donors (Lipinski definition) is 0. The van der Waals surface area contributed by atoms with Crippen molar-refractivity contribution in [3.05, 3.63) is 34.4 Å². The summed E-state index contributed by atoms with van der Waals surface area (Å²) in [5.74, 6) is 0. The summed E-state index contributed by atoms with van der Waals surface area (Å²) in [6, 6.07) is 6.17. The van der Waals surface area contributed by atoms with Crippen molar-refractivity contribution in [3.63, 3.8) is 0 Å². The summed E-state index contributed by atoms with van der Waals surface area (Å²) >= 11 is 0.